The zero-order valence-corrected chi connectivity index (χ0v) is 11.5. The van der Waals surface area contributed by atoms with Gasteiger partial charge in [-0.05, 0) is 35.9 Å². The van der Waals surface area contributed by atoms with Gasteiger partial charge in [0.15, 0.2) is 11.5 Å². The Morgan fingerprint density at radius 1 is 1.16 bits per heavy atom. The molecule has 2 aromatic rings. The summed E-state index contributed by atoms with van der Waals surface area (Å²) >= 11 is 1.48. The number of hydrogen-bond donors (Lipinski definition) is 0. The number of fused-ring (bicyclic) bond motifs is 1. The summed E-state index contributed by atoms with van der Waals surface area (Å²) in [7, 11) is 3.50. The number of thiophene rings is 1. The van der Waals surface area contributed by atoms with Gasteiger partial charge in [-0.2, -0.15) is 0 Å². The third kappa shape index (κ3) is 2.17. The third-order valence-corrected chi connectivity index (χ3v) is 4.00. The van der Waals surface area contributed by atoms with E-state index in [0.29, 0.717) is 0 Å². The molecule has 4 nitrogen and oxygen atoms in total. The lowest BCUT2D eigenvalue weighted by Gasteiger charge is -2.07. The molecule has 0 radical (unpaired) electrons. The number of nitrogens with zero attached hydrogens (tertiary/aromatic N) is 1. The zero-order chi connectivity index (χ0) is 13.4. The Hall–Kier alpha value is -2.01. The fourth-order valence-electron chi connectivity index (χ4n) is 1.88. The molecule has 0 aliphatic carbocycles. The number of rotatable bonds is 2. The van der Waals surface area contributed by atoms with Crippen LogP contribution in [0.2, 0.25) is 0 Å². The van der Waals surface area contributed by atoms with Gasteiger partial charge in [0, 0.05) is 19.0 Å². The molecule has 1 aromatic carbocycles. The maximum absolute atomic E-state index is 11.9. The average molecular weight is 275 g/mol. The van der Waals surface area contributed by atoms with Crippen molar-refractivity contribution < 1.29 is 14.3 Å². The van der Waals surface area contributed by atoms with Crippen LogP contribution in [0.1, 0.15) is 9.67 Å². The molecule has 19 heavy (non-hydrogen) atoms. The zero-order valence-electron chi connectivity index (χ0n) is 10.7. The van der Waals surface area contributed by atoms with E-state index >= 15 is 0 Å². The number of ether oxygens (including phenoxy) is 2. The van der Waals surface area contributed by atoms with E-state index in [1.807, 2.05) is 30.3 Å². The maximum atomic E-state index is 11.9. The molecule has 0 saturated heterocycles. The first kappa shape index (κ1) is 12.0. The molecule has 5 heteroatoms. The second-order valence-corrected chi connectivity index (χ2v) is 5.52. The lowest BCUT2D eigenvalue weighted by Crippen LogP contribution is -2.20. The highest BCUT2D eigenvalue weighted by atomic mass is 32.1. The Bertz CT molecular complexity index is 633. The number of carbonyl (C=O) groups excluding carboxylic acids is 1. The summed E-state index contributed by atoms with van der Waals surface area (Å²) in [5, 5.41) is 0. The van der Waals surface area contributed by atoms with Gasteiger partial charge in [-0.25, -0.2) is 0 Å². The van der Waals surface area contributed by atoms with Gasteiger partial charge in [-0.15, -0.1) is 11.3 Å². The van der Waals surface area contributed by atoms with E-state index in [9.17, 15) is 4.79 Å². The lowest BCUT2D eigenvalue weighted by atomic mass is 10.1. The monoisotopic (exact) mass is 275 g/mol. The van der Waals surface area contributed by atoms with Crippen LogP contribution in [0.5, 0.6) is 11.5 Å². The molecule has 0 saturated carbocycles. The molecule has 3 rings (SSSR count). The smallest absolute Gasteiger partial charge is 0.263 e. The second kappa shape index (κ2) is 4.59. The first-order valence-electron chi connectivity index (χ1n) is 5.86. The van der Waals surface area contributed by atoms with Crippen molar-refractivity contribution in [1.29, 1.82) is 0 Å². The van der Waals surface area contributed by atoms with Crippen molar-refractivity contribution in [3.63, 3.8) is 0 Å². The van der Waals surface area contributed by atoms with Gasteiger partial charge in [0.1, 0.15) is 0 Å². The predicted molar refractivity (Wildman–Crippen MR) is 73.9 cm³/mol. The van der Waals surface area contributed by atoms with Crippen molar-refractivity contribution in [2.24, 2.45) is 0 Å². The van der Waals surface area contributed by atoms with E-state index in [2.05, 4.69) is 0 Å². The van der Waals surface area contributed by atoms with Gasteiger partial charge in [0.05, 0.1) is 4.88 Å². The van der Waals surface area contributed by atoms with Crippen molar-refractivity contribution in [1.82, 2.24) is 4.90 Å². The molecule has 1 amide bonds. The molecule has 0 atom stereocenters. The third-order valence-electron chi connectivity index (χ3n) is 2.88. The number of hydrogen-bond acceptors (Lipinski definition) is 4. The number of benzene rings is 1. The summed E-state index contributed by atoms with van der Waals surface area (Å²) in [5.74, 6) is 1.55. The highest BCUT2D eigenvalue weighted by molar-refractivity contribution is 7.17. The van der Waals surface area contributed by atoms with Crippen molar-refractivity contribution >= 4 is 17.2 Å². The minimum atomic E-state index is 0.0250. The van der Waals surface area contributed by atoms with E-state index in [1.54, 1.807) is 19.0 Å². The standard InChI is InChI=1S/C14H13NO3S/c1-15(2)14(16)13-6-5-12(19-13)9-3-4-10-11(7-9)18-8-17-10/h3-7H,8H2,1-2H3. The second-order valence-electron chi connectivity index (χ2n) is 4.43. The van der Waals surface area contributed by atoms with Gasteiger partial charge < -0.3 is 14.4 Å². The van der Waals surface area contributed by atoms with Crippen LogP contribution >= 0.6 is 11.3 Å². The molecule has 1 aliphatic rings. The van der Waals surface area contributed by atoms with Crippen molar-refractivity contribution in [3.05, 3.63) is 35.2 Å². The molecule has 0 fully saturated rings. The van der Waals surface area contributed by atoms with Crippen LogP contribution < -0.4 is 9.47 Å². The van der Waals surface area contributed by atoms with Gasteiger partial charge in [-0.3, -0.25) is 4.79 Å². The van der Waals surface area contributed by atoms with Crippen LogP contribution in [-0.4, -0.2) is 31.7 Å². The van der Waals surface area contributed by atoms with Gasteiger partial charge in [-0.1, -0.05) is 0 Å². The molecule has 1 aliphatic heterocycles. The molecule has 2 heterocycles. The Balaban J connectivity index is 1.93. The van der Waals surface area contributed by atoms with Gasteiger partial charge >= 0.3 is 0 Å². The molecular formula is C14H13NO3S. The Labute approximate surface area is 115 Å². The summed E-state index contributed by atoms with van der Waals surface area (Å²) in [4.78, 5) is 15.2. The van der Waals surface area contributed by atoms with Crippen LogP contribution in [-0.2, 0) is 0 Å². The highest BCUT2D eigenvalue weighted by Crippen LogP contribution is 2.37. The summed E-state index contributed by atoms with van der Waals surface area (Å²) in [6, 6.07) is 9.62. The summed E-state index contributed by atoms with van der Waals surface area (Å²) < 4.78 is 10.6. The fourth-order valence-corrected chi connectivity index (χ4v) is 2.90. The summed E-state index contributed by atoms with van der Waals surface area (Å²) in [5.41, 5.74) is 1.03. The normalized spacial score (nSPS) is 12.5. The molecule has 0 N–H and O–H groups in total. The maximum Gasteiger partial charge on any atom is 0.263 e. The van der Waals surface area contributed by atoms with Crippen LogP contribution in [0.4, 0.5) is 0 Å². The minimum Gasteiger partial charge on any atom is -0.454 e. The van der Waals surface area contributed by atoms with E-state index in [4.69, 9.17) is 9.47 Å². The van der Waals surface area contributed by atoms with E-state index in [1.165, 1.54) is 11.3 Å². The van der Waals surface area contributed by atoms with Crippen LogP contribution in [0.25, 0.3) is 10.4 Å². The molecule has 1 aromatic heterocycles. The largest absolute Gasteiger partial charge is 0.454 e. The van der Waals surface area contributed by atoms with Crippen LogP contribution in [0.15, 0.2) is 30.3 Å². The predicted octanol–water partition coefficient (Wildman–Crippen LogP) is 2.85. The SMILES string of the molecule is CN(C)C(=O)c1ccc(-c2ccc3c(c2)OCO3)s1. The van der Waals surface area contributed by atoms with Crippen LogP contribution in [0.3, 0.4) is 0 Å². The topological polar surface area (TPSA) is 38.8 Å². The fraction of sp³-hybridized carbons (Fsp3) is 0.214. The van der Waals surface area contributed by atoms with Crippen LogP contribution in [0, 0.1) is 0 Å². The quantitative estimate of drug-likeness (QED) is 0.846. The Kier molecular flexibility index (Phi) is 2.91. The highest BCUT2D eigenvalue weighted by Gasteiger charge is 2.16. The average Bonchev–Trinajstić information content (AvgIpc) is 3.05. The summed E-state index contributed by atoms with van der Waals surface area (Å²) in [6.45, 7) is 0.271. The molecular weight excluding hydrogens is 262 g/mol. The Morgan fingerprint density at radius 2 is 1.95 bits per heavy atom. The molecule has 98 valence electrons. The van der Waals surface area contributed by atoms with Gasteiger partial charge in [0.25, 0.3) is 5.91 Å². The van der Waals surface area contributed by atoms with Gasteiger partial charge in [0.2, 0.25) is 6.79 Å². The lowest BCUT2D eigenvalue weighted by molar-refractivity contribution is 0.0832. The number of carbonyl (C=O) groups is 1. The van der Waals surface area contributed by atoms with E-state index in [-0.39, 0.29) is 12.7 Å². The van der Waals surface area contributed by atoms with Crippen molar-refractivity contribution in [2.75, 3.05) is 20.9 Å². The van der Waals surface area contributed by atoms with Crippen molar-refractivity contribution in [2.45, 2.75) is 0 Å². The number of amides is 1. The van der Waals surface area contributed by atoms with E-state index in [0.717, 1.165) is 26.8 Å². The van der Waals surface area contributed by atoms with E-state index < -0.39 is 0 Å². The first-order chi connectivity index (χ1) is 9.15. The first-order valence-corrected chi connectivity index (χ1v) is 6.68. The molecule has 0 bridgehead atoms. The molecule has 0 spiro atoms. The minimum absolute atomic E-state index is 0.0250. The summed E-state index contributed by atoms with van der Waals surface area (Å²) in [6.07, 6.45) is 0. The molecule has 0 unspecified atom stereocenters. The Morgan fingerprint density at radius 3 is 2.74 bits per heavy atom. The van der Waals surface area contributed by atoms with Crippen molar-refractivity contribution in [3.8, 4) is 21.9 Å².